The lowest BCUT2D eigenvalue weighted by molar-refractivity contribution is -0.121. The molecule has 1 saturated heterocycles. The van der Waals surface area contributed by atoms with Gasteiger partial charge in [-0.25, -0.2) is 0 Å². The third-order valence-corrected chi connectivity index (χ3v) is 3.03. The molecular formula is C11H23N3O. The lowest BCUT2D eigenvalue weighted by Gasteiger charge is -2.19. The number of carbonyl (C=O) groups is 1. The minimum Gasteiger partial charge on any atom is -0.355 e. The SMILES string of the molecule is CC(N)CCC(=O)NCC1CCCN1C. The Hall–Kier alpha value is -0.610. The molecular weight excluding hydrogens is 190 g/mol. The summed E-state index contributed by atoms with van der Waals surface area (Å²) in [5.41, 5.74) is 5.59. The van der Waals surface area contributed by atoms with Crippen molar-refractivity contribution in [1.29, 1.82) is 0 Å². The number of likely N-dealkylation sites (N-methyl/N-ethyl adjacent to an activating group) is 1. The largest absolute Gasteiger partial charge is 0.355 e. The maximum absolute atomic E-state index is 11.4. The zero-order valence-electron chi connectivity index (χ0n) is 9.83. The first kappa shape index (κ1) is 12.5. The second kappa shape index (κ2) is 6.08. The van der Waals surface area contributed by atoms with Gasteiger partial charge in [0.2, 0.25) is 5.91 Å². The van der Waals surface area contributed by atoms with E-state index in [1.54, 1.807) is 0 Å². The smallest absolute Gasteiger partial charge is 0.220 e. The standard InChI is InChI=1S/C11H23N3O/c1-9(12)5-6-11(15)13-8-10-4-3-7-14(10)2/h9-10H,3-8,12H2,1-2H3,(H,13,15). The summed E-state index contributed by atoms with van der Waals surface area (Å²) in [5, 5.41) is 2.97. The average Bonchev–Trinajstić information content (AvgIpc) is 2.58. The van der Waals surface area contributed by atoms with Crippen LogP contribution in [0.25, 0.3) is 0 Å². The molecule has 1 rings (SSSR count). The van der Waals surface area contributed by atoms with Crippen molar-refractivity contribution in [2.45, 2.75) is 44.7 Å². The van der Waals surface area contributed by atoms with Crippen molar-refractivity contribution < 1.29 is 4.79 Å². The first-order valence-electron chi connectivity index (χ1n) is 5.82. The number of hydrogen-bond acceptors (Lipinski definition) is 3. The molecule has 2 atom stereocenters. The van der Waals surface area contributed by atoms with Gasteiger partial charge in [-0.15, -0.1) is 0 Å². The van der Waals surface area contributed by atoms with Crippen molar-refractivity contribution in [2.75, 3.05) is 20.1 Å². The Morgan fingerprint density at radius 1 is 1.67 bits per heavy atom. The summed E-state index contributed by atoms with van der Waals surface area (Å²) in [4.78, 5) is 13.7. The van der Waals surface area contributed by atoms with Crippen LogP contribution in [0.1, 0.15) is 32.6 Å². The lowest BCUT2D eigenvalue weighted by atomic mass is 10.2. The summed E-state index contributed by atoms with van der Waals surface area (Å²) < 4.78 is 0. The van der Waals surface area contributed by atoms with Crippen molar-refractivity contribution in [1.82, 2.24) is 10.2 Å². The molecule has 0 spiro atoms. The third kappa shape index (κ3) is 4.62. The van der Waals surface area contributed by atoms with Gasteiger partial charge in [0.25, 0.3) is 0 Å². The summed E-state index contributed by atoms with van der Waals surface area (Å²) in [6.45, 7) is 3.87. The average molecular weight is 213 g/mol. The van der Waals surface area contributed by atoms with Gasteiger partial charge in [0.1, 0.15) is 0 Å². The molecule has 0 aromatic carbocycles. The summed E-state index contributed by atoms with van der Waals surface area (Å²) in [6.07, 6.45) is 3.77. The zero-order valence-corrected chi connectivity index (χ0v) is 9.83. The molecule has 1 aliphatic heterocycles. The molecule has 3 N–H and O–H groups in total. The van der Waals surface area contributed by atoms with Crippen LogP contribution in [0.15, 0.2) is 0 Å². The van der Waals surface area contributed by atoms with E-state index in [9.17, 15) is 4.79 Å². The van der Waals surface area contributed by atoms with Crippen LogP contribution in [0.4, 0.5) is 0 Å². The number of likely N-dealkylation sites (tertiary alicyclic amines) is 1. The van der Waals surface area contributed by atoms with Crippen molar-refractivity contribution in [3.05, 3.63) is 0 Å². The van der Waals surface area contributed by atoms with E-state index in [1.165, 1.54) is 12.8 Å². The summed E-state index contributed by atoms with van der Waals surface area (Å²) >= 11 is 0. The minimum absolute atomic E-state index is 0.116. The number of nitrogens with two attached hydrogens (primary N) is 1. The number of carbonyl (C=O) groups excluding carboxylic acids is 1. The van der Waals surface area contributed by atoms with E-state index in [4.69, 9.17) is 5.73 Å². The minimum atomic E-state index is 0.116. The number of nitrogens with zero attached hydrogens (tertiary/aromatic N) is 1. The topological polar surface area (TPSA) is 58.4 Å². The van der Waals surface area contributed by atoms with Crippen molar-refractivity contribution in [3.63, 3.8) is 0 Å². The van der Waals surface area contributed by atoms with Gasteiger partial charge in [-0.1, -0.05) is 0 Å². The van der Waals surface area contributed by atoms with Gasteiger partial charge in [-0.3, -0.25) is 4.79 Å². The molecule has 1 fully saturated rings. The molecule has 0 aliphatic carbocycles. The fourth-order valence-corrected chi connectivity index (χ4v) is 1.92. The summed E-state index contributed by atoms with van der Waals surface area (Å²) in [7, 11) is 2.12. The number of nitrogens with one attached hydrogen (secondary N) is 1. The Morgan fingerprint density at radius 2 is 2.40 bits per heavy atom. The van der Waals surface area contributed by atoms with Crippen LogP contribution >= 0.6 is 0 Å². The normalized spacial score (nSPS) is 24.1. The van der Waals surface area contributed by atoms with E-state index in [-0.39, 0.29) is 11.9 Å². The van der Waals surface area contributed by atoms with Gasteiger partial charge >= 0.3 is 0 Å². The summed E-state index contributed by atoms with van der Waals surface area (Å²) in [6, 6.07) is 0.647. The fourth-order valence-electron chi connectivity index (χ4n) is 1.92. The quantitative estimate of drug-likeness (QED) is 0.691. The van der Waals surface area contributed by atoms with Crippen LogP contribution in [0, 0.1) is 0 Å². The molecule has 0 radical (unpaired) electrons. The number of amides is 1. The van der Waals surface area contributed by atoms with Gasteiger partial charge < -0.3 is 16.0 Å². The highest BCUT2D eigenvalue weighted by Gasteiger charge is 2.20. The Labute approximate surface area is 92.2 Å². The van der Waals surface area contributed by atoms with E-state index >= 15 is 0 Å². The predicted octanol–water partition coefficient (Wildman–Crippen LogP) is 0.324. The molecule has 0 bridgehead atoms. The van der Waals surface area contributed by atoms with Crippen LogP contribution in [-0.4, -0.2) is 43.0 Å². The summed E-state index contributed by atoms with van der Waals surface area (Å²) in [5.74, 6) is 0.132. The molecule has 4 heteroatoms. The van der Waals surface area contributed by atoms with Crippen LogP contribution < -0.4 is 11.1 Å². The molecule has 1 heterocycles. The number of rotatable bonds is 5. The predicted molar refractivity (Wildman–Crippen MR) is 61.5 cm³/mol. The maximum Gasteiger partial charge on any atom is 0.220 e. The molecule has 1 aliphatic rings. The van der Waals surface area contributed by atoms with Crippen molar-refractivity contribution in [2.24, 2.45) is 5.73 Å². The van der Waals surface area contributed by atoms with Crippen LogP contribution in [-0.2, 0) is 4.79 Å². The first-order valence-corrected chi connectivity index (χ1v) is 5.82. The first-order chi connectivity index (χ1) is 7.09. The van der Waals surface area contributed by atoms with E-state index in [2.05, 4.69) is 17.3 Å². The van der Waals surface area contributed by atoms with E-state index in [0.717, 1.165) is 19.5 Å². The highest BCUT2D eigenvalue weighted by atomic mass is 16.1. The highest BCUT2D eigenvalue weighted by molar-refractivity contribution is 5.75. The van der Waals surface area contributed by atoms with Crippen LogP contribution in [0.2, 0.25) is 0 Å². The van der Waals surface area contributed by atoms with Gasteiger partial charge in [0.15, 0.2) is 0 Å². The fraction of sp³-hybridized carbons (Fsp3) is 0.909. The van der Waals surface area contributed by atoms with Crippen LogP contribution in [0.5, 0.6) is 0 Å². The Bertz CT molecular complexity index is 206. The van der Waals surface area contributed by atoms with Gasteiger partial charge in [-0.2, -0.15) is 0 Å². The Morgan fingerprint density at radius 3 is 2.93 bits per heavy atom. The highest BCUT2D eigenvalue weighted by Crippen LogP contribution is 2.13. The Balaban J connectivity index is 2.11. The molecule has 88 valence electrons. The molecule has 0 aromatic heterocycles. The molecule has 15 heavy (non-hydrogen) atoms. The van der Waals surface area contributed by atoms with Gasteiger partial charge in [0.05, 0.1) is 0 Å². The maximum atomic E-state index is 11.4. The lowest BCUT2D eigenvalue weighted by Crippen LogP contribution is -2.38. The third-order valence-electron chi connectivity index (χ3n) is 3.03. The second-order valence-electron chi connectivity index (χ2n) is 4.60. The molecule has 1 amide bonds. The van der Waals surface area contributed by atoms with Gasteiger partial charge in [-0.05, 0) is 39.8 Å². The van der Waals surface area contributed by atoms with Gasteiger partial charge in [0, 0.05) is 25.0 Å². The second-order valence-corrected chi connectivity index (χ2v) is 4.60. The van der Waals surface area contributed by atoms with Crippen molar-refractivity contribution >= 4 is 5.91 Å². The monoisotopic (exact) mass is 213 g/mol. The molecule has 4 nitrogen and oxygen atoms in total. The van der Waals surface area contributed by atoms with E-state index in [0.29, 0.717) is 12.5 Å². The van der Waals surface area contributed by atoms with E-state index < -0.39 is 0 Å². The molecule has 2 unspecified atom stereocenters. The zero-order chi connectivity index (χ0) is 11.3. The van der Waals surface area contributed by atoms with Crippen molar-refractivity contribution in [3.8, 4) is 0 Å². The molecule has 0 saturated carbocycles. The van der Waals surface area contributed by atoms with E-state index in [1.807, 2.05) is 6.92 Å². The molecule has 0 aromatic rings. The van der Waals surface area contributed by atoms with Crippen LogP contribution in [0.3, 0.4) is 0 Å². The number of hydrogen-bond donors (Lipinski definition) is 2. The Kier molecular flexibility index (Phi) is 5.05.